The van der Waals surface area contributed by atoms with Crippen molar-refractivity contribution >= 4 is 63.3 Å². The van der Waals surface area contributed by atoms with Gasteiger partial charge in [0.15, 0.2) is 5.17 Å². The minimum absolute atomic E-state index is 0.0183. The lowest BCUT2D eigenvalue weighted by molar-refractivity contribution is -0.122. The first-order valence-corrected chi connectivity index (χ1v) is 9.71. The van der Waals surface area contributed by atoms with Crippen molar-refractivity contribution in [2.75, 3.05) is 5.32 Å². The fourth-order valence-corrected chi connectivity index (χ4v) is 3.52. The number of hydrogen-bond acceptors (Lipinski definition) is 5. The molecule has 1 fully saturated rings. The van der Waals surface area contributed by atoms with Crippen LogP contribution in [-0.2, 0) is 9.59 Å². The van der Waals surface area contributed by atoms with Crippen LogP contribution in [0.3, 0.4) is 0 Å². The second-order valence-corrected chi connectivity index (χ2v) is 8.32. The zero-order chi connectivity index (χ0) is 19.3. The fraction of sp³-hybridized carbons (Fsp3) is 0.412. The van der Waals surface area contributed by atoms with Gasteiger partial charge in [-0.15, -0.1) is 5.10 Å². The average Bonchev–Trinajstić information content (AvgIpc) is 2.88. The summed E-state index contributed by atoms with van der Waals surface area (Å²) < 4.78 is 0. The molecule has 2 amide bonds. The van der Waals surface area contributed by atoms with Gasteiger partial charge >= 0.3 is 0 Å². The number of anilines is 1. The Balaban J connectivity index is 1.92. The van der Waals surface area contributed by atoms with Gasteiger partial charge in [0.1, 0.15) is 5.25 Å². The van der Waals surface area contributed by atoms with Crippen LogP contribution < -0.4 is 10.6 Å². The number of benzene rings is 1. The Labute approximate surface area is 166 Å². The molecule has 2 N–H and O–H groups in total. The minimum atomic E-state index is -0.544. The van der Waals surface area contributed by atoms with Crippen molar-refractivity contribution in [3.63, 3.8) is 0 Å². The highest BCUT2D eigenvalue weighted by atomic mass is 35.5. The molecule has 26 heavy (non-hydrogen) atoms. The third-order valence-electron chi connectivity index (χ3n) is 3.37. The van der Waals surface area contributed by atoms with Crippen molar-refractivity contribution in [2.24, 2.45) is 16.1 Å². The van der Waals surface area contributed by atoms with Crippen molar-refractivity contribution in [1.29, 1.82) is 0 Å². The molecule has 1 atom stereocenters. The first-order chi connectivity index (χ1) is 12.2. The zero-order valence-electron chi connectivity index (χ0n) is 14.7. The molecule has 6 nitrogen and oxygen atoms in total. The van der Waals surface area contributed by atoms with Gasteiger partial charge in [0, 0.05) is 17.8 Å². The molecule has 1 aromatic rings. The number of thioether (sulfide) groups is 1. The van der Waals surface area contributed by atoms with Crippen molar-refractivity contribution in [2.45, 2.75) is 38.9 Å². The quantitative estimate of drug-likeness (QED) is 0.536. The number of nitrogens with one attached hydrogen (secondary N) is 2. The molecule has 0 radical (unpaired) electrons. The third kappa shape index (κ3) is 6.30. The summed E-state index contributed by atoms with van der Waals surface area (Å²) in [5.41, 5.74) is 1.42. The first-order valence-electron chi connectivity index (χ1n) is 8.08. The van der Waals surface area contributed by atoms with Gasteiger partial charge in [0.2, 0.25) is 11.8 Å². The maximum absolute atomic E-state index is 12.2. The number of rotatable bonds is 6. The van der Waals surface area contributed by atoms with Crippen molar-refractivity contribution in [3.05, 3.63) is 28.2 Å². The highest BCUT2D eigenvalue weighted by Gasteiger charge is 2.32. The number of carbonyl (C=O) groups excluding carboxylic acids is 2. The van der Waals surface area contributed by atoms with Gasteiger partial charge < -0.3 is 10.6 Å². The average molecular weight is 415 g/mol. The summed E-state index contributed by atoms with van der Waals surface area (Å²) in [6.07, 6.45) is 0.856. The molecule has 1 unspecified atom stereocenters. The Hall–Kier alpha value is -1.57. The minimum Gasteiger partial charge on any atom is -0.326 e. The highest BCUT2D eigenvalue weighted by molar-refractivity contribution is 8.15. The second-order valence-electron chi connectivity index (χ2n) is 6.32. The summed E-state index contributed by atoms with van der Waals surface area (Å²) >= 11 is 13.0. The van der Waals surface area contributed by atoms with Gasteiger partial charge in [-0.25, -0.2) is 0 Å². The normalized spacial score (nSPS) is 19.2. The number of amides is 2. The predicted molar refractivity (Wildman–Crippen MR) is 109 cm³/mol. The largest absolute Gasteiger partial charge is 0.326 e. The maximum Gasteiger partial charge on any atom is 0.240 e. The number of nitrogens with zero attached hydrogens (tertiary/aromatic N) is 2. The smallest absolute Gasteiger partial charge is 0.240 e. The summed E-state index contributed by atoms with van der Waals surface area (Å²) in [4.78, 5) is 24.2. The Morgan fingerprint density at radius 1 is 1.35 bits per heavy atom. The van der Waals surface area contributed by atoms with Gasteiger partial charge in [-0.2, -0.15) is 5.10 Å². The lowest BCUT2D eigenvalue weighted by Gasteiger charge is -2.08. The van der Waals surface area contributed by atoms with E-state index in [2.05, 4.69) is 34.7 Å². The molecule has 9 heteroatoms. The Kier molecular flexibility index (Phi) is 7.49. The maximum atomic E-state index is 12.2. The molecular weight excluding hydrogens is 395 g/mol. The Morgan fingerprint density at radius 2 is 2.08 bits per heavy atom. The molecule has 1 aliphatic rings. The Bertz CT molecular complexity index is 765. The summed E-state index contributed by atoms with van der Waals surface area (Å²) in [6, 6.07) is 4.80. The molecule has 1 saturated heterocycles. The van der Waals surface area contributed by atoms with Gasteiger partial charge in [-0.3, -0.25) is 9.59 Å². The molecule has 1 aliphatic heterocycles. The summed E-state index contributed by atoms with van der Waals surface area (Å²) in [7, 11) is 0. The van der Waals surface area contributed by atoms with Crippen LogP contribution in [0.5, 0.6) is 0 Å². The molecule has 0 saturated carbocycles. The topological polar surface area (TPSA) is 82.9 Å². The third-order valence-corrected chi connectivity index (χ3v) is 5.18. The number of halogens is 2. The van der Waals surface area contributed by atoms with Gasteiger partial charge in [-0.05, 0) is 37.5 Å². The number of hydrogen-bond donors (Lipinski definition) is 2. The van der Waals surface area contributed by atoms with E-state index in [1.54, 1.807) is 18.2 Å². The van der Waals surface area contributed by atoms with E-state index in [9.17, 15) is 9.59 Å². The van der Waals surface area contributed by atoms with Gasteiger partial charge in [0.05, 0.1) is 10.0 Å². The molecule has 0 aliphatic carbocycles. The van der Waals surface area contributed by atoms with Crippen LogP contribution in [0.15, 0.2) is 28.4 Å². The van der Waals surface area contributed by atoms with E-state index in [0.29, 0.717) is 26.8 Å². The van der Waals surface area contributed by atoms with Crippen LogP contribution in [0.4, 0.5) is 5.69 Å². The van der Waals surface area contributed by atoms with E-state index in [1.807, 2.05) is 6.92 Å². The molecule has 0 aromatic heterocycles. The monoisotopic (exact) mass is 414 g/mol. The lowest BCUT2D eigenvalue weighted by atomic mass is 10.1. The van der Waals surface area contributed by atoms with Crippen LogP contribution in [-0.4, -0.2) is 27.9 Å². The highest BCUT2D eigenvalue weighted by Crippen LogP contribution is 2.26. The van der Waals surface area contributed by atoms with Crippen LogP contribution in [0.2, 0.25) is 10.0 Å². The van der Waals surface area contributed by atoms with Crippen LogP contribution in [0.25, 0.3) is 0 Å². The fourth-order valence-electron chi connectivity index (χ4n) is 2.30. The standard InChI is InChI=1S/C17H20Cl2N4O2S/c1-9(2)6-10(3)22-23-17-21-16(25)14(26-17)8-15(24)20-11-4-5-12(18)13(19)7-11/h4-5,7,9,14H,6,8H2,1-3H3,(H,20,24)(H,21,23,25)/b22-10+. The first kappa shape index (κ1) is 20.7. The van der Waals surface area contributed by atoms with Crippen LogP contribution in [0.1, 0.15) is 33.6 Å². The summed E-state index contributed by atoms with van der Waals surface area (Å²) in [5.74, 6) is -0.0610. The molecule has 1 aromatic carbocycles. The van der Waals surface area contributed by atoms with Crippen molar-refractivity contribution < 1.29 is 9.59 Å². The summed E-state index contributed by atoms with van der Waals surface area (Å²) in [6.45, 7) is 6.09. The van der Waals surface area contributed by atoms with E-state index in [1.165, 1.54) is 11.8 Å². The number of carbonyl (C=O) groups is 2. The van der Waals surface area contributed by atoms with Crippen LogP contribution >= 0.6 is 35.0 Å². The van der Waals surface area contributed by atoms with Crippen LogP contribution in [0, 0.1) is 5.92 Å². The molecule has 0 bridgehead atoms. The molecule has 1 heterocycles. The summed E-state index contributed by atoms with van der Waals surface area (Å²) in [5, 5.41) is 14.1. The predicted octanol–water partition coefficient (Wildman–Crippen LogP) is 4.33. The zero-order valence-corrected chi connectivity index (χ0v) is 17.0. The number of amidine groups is 1. The molecule has 0 spiro atoms. The SMILES string of the molecule is C/C(CC(C)C)=N\N=C1\NC(=O)C(CC(=O)Nc2ccc(Cl)c(Cl)c2)S1. The lowest BCUT2D eigenvalue weighted by Crippen LogP contribution is -2.28. The van der Waals surface area contributed by atoms with Crippen molar-refractivity contribution in [1.82, 2.24) is 5.32 Å². The molecule has 140 valence electrons. The van der Waals surface area contributed by atoms with E-state index < -0.39 is 5.25 Å². The van der Waals surface area contributed by atoms with Crippen molar-refractivity contribution in [3.8, 4) is 0 Å². The molecular formula is C17H20Cl2N4O2S. The second kappa shape index (κ2) is 9.39. The Morgan fingerprint density at radius 3 is 2.73 bits per heavy atom. The van der Waals surface area contributed by atoms with E-state index in [-0.39, 0.29) is 18.2 Å². The van der Waals surface area contributed by atoms with E-state index in [4.69, 9.17) is 23.2 Å². The van der Waals surface area contributed by atoms with Gasteiger partial charge in [0.25, 0.3) is 0 Å². The van der Waals surface area contributed by atoms with E-state index >= 15 is 0 Å². The molecule has 2 rings (SSSR count). The van der Waals surface area contributed by atoms with Gasteiger partial charge in [-0.1, -0.05) is 48.8 Å². The van der Waals surface area contributed by atoms with E-state index in [0.717, 1.165) is 12.1 Å².